The molecule has 2 aromatic heterocycles. The number of aromatic amines is 2. The molecular weight excluding hydrogens is 459 g/mol. The van der Waals surface area contributed by atoms with Crippen LogP contribution >= 0.6 is 11.8 Å². The van der Waals surface area contributed by atoms with E-state index in [0.29, 0.717) is 24.5 Å². The van der Waals surface area contributed by atoms with Gasteiger partial charge in [0.1, 0.15) is 23.1 Å². The summed E-state index contributed by atoms with van der Waals surface area (Å²) in [6.45, 7) is 1.36. The molecule has 1 saturated heterocycles. The van der Waals surface area contributed by atoms with Crippen LogP contribution in [0.5, 0.6) is 5.75 Å². The van der Waals surface area contributed by atoms with E-state index < -0.39 is 11.5 Å². The Hall–Kier alpha value is -3.73. The molecule has 3 N–H and O–H groups in total. The lowest BCUT2D eigenvalue weighted by molar-refractivity contribution is -0.128. The summed E-state index contributed by atoms with van der Waals surface area (Å²) in [6, 6.07) is 9.72. The monoisotopic (exact) mass is 482 g/mol. The number of benzene rings is 2. The number of nitrogens with one attached hydrogen (secondary N) is 3. The Balaban J connectivity index is 1.58. The zero-order valence-electron chi connectivity index (χ0n) is 18.4. The predicted molar refractivity (Wildman–Crippen MR) is 130 cm³/mol. The molecule has 1 fully saturated rings. The summed E-state index contributed by atoms with van der Waals surface area (Å²) in [6.07, 6.45) is 1.57. The second-order valence-corrected chi connectivity index (χ2v) is 9.01. The van der Waals surface area contributed by atoms with Crippen LogP contribution in [0.2, 0.25) is 0 Å². The normalized spacial score (nSPS) is 13.9. The molecule has 0 unspecified atom stereocenters. The minimum atomic E-state index is -0.558. The van der Waals surface area contributed by atoms with Gasteiger partial charge in [0.2, 0.25) is 5.91 Å². The number of carbonyl (C=O) groups excluding carboxylic acids is 1. The topological polar surface area (TPSA) is 108 Å². The highest BCUT2D eigenvalue weighted by molar-refractivity contribution is 7.99. The molecule has 176 valence electrons. The highest BCUT2D eigenvalue weighted by Crippen LogP contribution is 2.32. The Morgan fingerprint density at radius 2 is 2.06 bits per heavy atom. The van der Waals surface area contributed by atoms with Crippen LogP contribution in [-0.2, 0) is 4.79 Å². The van der Waals surface area contributed by atoms with Crippen molar-refractivity contribution in [3.63, 3.8) is 0 Å². The molecule has 3 heterocycles. The second-order valence-electron chi connectivity index (χ2n) is 7.79. The lowest BCUT2D eigenvalue weighted by Gasteiger charge is -2.26. The summed E-state index contributed by atoms with van der Waals surface area (Å²) in [4.78, 5) is 37.6. The number of H-pyrrole nitrogens is 2. The number of carbonyl (C=O) groups is 1. The van der Waals surface area contributed by atoms with Gasteiger partial charge >= 0.3 is 5.69 Å². The van der Waals surface area contributed by atoms with Gasteiger partial charge in [-0.1, -0.05) is 0 Å². The number of imidazole rings is 2. The molecular formula is C23H23FN6O3S. The summed E-state index contributed by atoms with van der Waals surface area (Å²) in [7, 11) is 1.46. The fourth-order valence-electron chi connectivity index (χ4n) is 4.03. The van der Waals surface area contributed by atoms with Gasteiger partial charge < -0.3 is 19.9 Å². The van der Waals surface area contributed by atoms with E-state index in [9.17, 15) is 9.59 Å². The lowest BCUT2D eigenvalue weighted by atomic mass is 10.1. The number of nitrogens with zero attached hydrogens (tertiary/aromatic N) is 3. The number of aromatic nitrogens is 4. The third-order valence-corrected chi connectivity index (χ3v) is 6.71. The maximum absolute atomic E-state index is 15.2. The molecule has 1 aliphatic rings. The van der Waals surface area contributed by atoms with Crippen LogP contribution in [0.25, 0.3) is 28.0 Å². The zero-order chi connectivity index (χ0) is 23.7. The molecule has 5 rings (SSSR count). The van der Waals surface area contributed by atoms with Crippen molar-refractivity contribution in [1.82, 2.24) is 24.4 Å². The van der Waals surface area contributed by atoms with Crippen LogP contribution < -0.4 is 15.7 Å². The average molecular weight is 483 g/mol. The quantitative estimate of drug-likeness (QED) is 0.390. The molecule has 0 aliphatic carbocycles. The molecule has 2 aromatic carbocycles. The first kappa shape index (κ1) is 22.1. The van der Waals surface area contributed by atoms with Gasteiger partial charge in [0.15, 0.2) is 0 Å². The van der Waals surface area contributed by atoms with Crippen molar-refractivity contribution in [2.75, 3.05) is 43.6 Å². The van der Waals surface area contributed by atoms with Gasteiger partial charge in [0, 0.05) is 36.2 Å². The van der Waals surface area contributed by atoms with E-state index in [0.717, 1.165) is 22.5 Å². The zero-order valence-corrected chi connectivity index (χ0v) is 19.2. The van der Waals surface area contributed by atoms with E-state index in [2.05, 4.69) is 20.3 Å². The number of hydrogen-bond acceptors (Lipinski definition) is 6. The van der Waals surface area contributed by atoms with Crippen LogP contribution in [0, 0.1) is 5.82 Å². The molecule has 11 heteroatoms. The van der Waals surface area contributed by atoms with Crippen molar-refractivity contribution in [2.45, 2.75) is 0 Å². The van der Waals surface area contributed by atoms with Gasteiger partial charge in [-0.2, -0.15) is 11.8 Å². The summed E-state index contributed by atoms with van der Waals surface area (Å²) in [5.41, 5.74) is 2.01. The maximum atomic E-state index is 15.2. The minimum Gasteiger partial charge on any atom is -0.497 e. The molecule has 0 atom stereocenters. The molecule has 9 nitrogen and oxygen atoms in total. The number of methoxy groups -OCH3 is 1. The van der Waals surface area contributed by atoms with E-state index in [4.69, 9.17) is 4.74 Å². The lowest BCUT2D eigenvalue weighted by Crippen LogP contribution is -2.41. The smallest absolute Gasteiger partial charge is 0.332 e. The molecule has 0 saturated carbocycles. The van der Waals surface area contributed by atoms with Crippen LogP contribution in [0.4, 0.5) is 10.2 Å². The summed E-state index contributed by atoms with van der Waals surface area (Å²) in [5.74, 6) is 1.79. The SMILES string of the molecule is COc1ccc(-c2c(NCC(=O)N3CCSCC3)[nH]c(=O)n2-c2ccc3nc[nH]c3c2)c(F)c1. The number of hydrogen-bond donors (Lipinski definition) is 3. The van der Waals surface area contributed by atoms with Crippen molar-refractivity contribution in [2.24, 2.45) is 0 Å². The summed E-state index contributed by atoms with van der Waals surface area (Å²) in [5, 5.41) is 3.04. The maximum Gasteiger partial charge on any atom is 0.332 e. The first-order valence-corrected chi connectivity index (χ1v) is 11.9. The number of anilines is 1. The van der Waals surface area contributed by atoms with E-state index >= 15 is 4.39 Å². The Morgan fingerprint density at radius 1 is 1.24 bits per heavy atom. The van der Waals surface area contributed by atoms with Gasteiger partial charge in [-0.05, 0) is 30.3 Å². The number of halogens is 1. The number of thioether (sulfide) groups is 1. The molecule has 0 radical (unpaired) electrons. The van der Waals surface area contributed by atoms with Crippen LogP contribution in [0.3, 0.4) is 0 Å². The van der Waals surface area contributed by atoms with Gasteiger partial charge in [0.25, 0.3) is 0 Å². The minimum absolute atomic E-state index is 0.0189. The van der Waals surface area contributed by atoms with E-state index in [1.165, 1.54) is 17.7 Å². The number of ether oxygens (including phenoxy) is 1. The van der Waals surface area contributed by atoms with Gasteiger partial charge in [0.05, 0.1) is 36.7 Å². The number of rotatable bonds is 6. The number of amides is 1. The summed E-state index contributed by atoms with van der Waals surface area (Å²) >= 11 is 1.82. The van der Waals surface area contributed by atoms with E-state index in [-0.39, 0.29) is 29.5 Å². The average Bonchev–Trinajstić information content (AvgIpc) is 3.46. The highest BCUT2D eigenvalue weighted by Gasteiger charge is 2.23. The van der Waals surface area contributed by atoms with Crippen molar-refractivity contribution in [1.29, 1.82) is 0 Å². The van der Waals surface area contributed by atoms with Crippen LogP contribution in [-0.4, -0.2) is 68.6 Å². The predicted octanol–water partition coefficient (Wildman–Crippen LogP) is 2.84. The molecule has 4 aromatic rings. The van der Waals surface area contributed by atoms with Crippen LogP contribution in [0.1, 0.15) is 0 Å². The standard InChI is InChI=1S/C23H23FN6O3S/c1-33-15-3-4-16(17(24)11-15)21-22(25-12-20(31)29-6-8-34-9-7-29)28-23(32)30(21)14-2-5-18-19(10-14)27-13-26-18/h2-5,10-11,13,25H,6-9,12H2,1H3,(H,26,27)(H,28,32). The Kier molecular flexibility index (Phi) is 6.01. The molecule has 1 aliphatic heterocycles. The molecule has 34 heavy (non-hydrogen) atoms. The first-order chi connectivity index (χ1) is 16.5. The number of fused-ring (bicyclic) bond motifs is 1. The Morgan fingerprint density at radius 3 is 2.82 bits per heavy atom. The van der Waals surface area contributed by atoms with Crippen molar-refractivity contribution >= 4 is 34.5 Å². The van der Waals surface area contributed by atoms with E-state index in [1.807, 2.05) is 11.8 Å². The highest BCUT2D eigenvalue weighted by atomic mass is 32.2. The van der Waals surface area contributed by atoms with Gasteiger partial charge in [-0.3, -0.25) is 14.3 Å². The Bertz CT molecular complexity index is 1410. The van der Waals surface area contributed by atoms with Crippen LogP contribution in [0.15, 0.2) is 47.5 Å². The summed E-state index contributed by atoms with van der Waals surface area (Å²) < 4.78 is 21.7. The fraction of sp³-hybridized carbons (Fsp3) is 0.261. The molecule has 1 amide bonds. The van der Waals surface area contributed by atoms with Crippen molar-refractivity contribution < 1.29 is 13.9 Å². The Labute approximate surface area is 198 Å². The third-order valence-electron chi connectivity index (χ3n) is 5.77. The van der Waals surface area contributed by atoms with Crippen molar-refractivity contribution in [3.8, 4) is 22.7 Å². The molecule has 0 bridgehead atoms. The van der Waals surface area contributed by atoms with Gasteiger partial charge in [-0.15, -0.1) is 0 Å². The third kappa shape index (κ3) is 4.14. The largest absolute Gasteiger partial charge is 0.497 e. The van der Waals surface area contributed by atoms with Crippen molar-refractivity contribution in [3.05, 3.63) is 59.0 Å². The fourth-order valence-corrected chi connectivity index (χ4v) is 4.93. The first-order valence-electron chi connectivity index (χ1n) is 10.8. The van der Waals surface area contributed by atoms with E-state index in [1.54, 1.807) is 41.6 Å². The molecule has 0 spiro atoms. The second kappa shape index (κ2) is 9.26. The van der Waals surface area contributed by atoms with Gasteiger partial charge in [-0.25, -0.2) is 14.2 Å².